The van der Waals surface area contributed by atoms with E-state index >= 15 is 4.39 Å². The molecule has 0 unspecified atom stereocenters. The van der Waals surface area contributed by atoms with Gasteiger partial charge in [0.15, 0.2) is 5.82 Å². The summed E-state index contributed by atoms with van der Waals surface area (Å²) < 4.78 is 16.9. The highest BCUT2D eigenvalue weighted by atomic mass is 35.5. The minimum absolute atomic E-state index is 0.0902. The lowest BCUT2D eigenvalue weighted by Gasteiger charge is -2.48. The van der Waals surface area contributed by atoms with Crippen LogP contribution in [0.1, 0.15) is 18.9 Å². The second kappa shape index (κ2) is 12.2. The number of nitrogens with one attached hydrogen (secondary N) is 1. The third kappa shape index (κ3) is 5.40. The Kier molecular flexibility index (Phi) is 8.09. The van der Waals surface area contributed by atoms with Crippen molar-refractivity contribution in [1.29, 1.82) is 0 Å². The molecular formula is C33H39ClFN9O. The van der Waals surface area contributed by atoms with Crippen molar-refractivity contribution in [2.75, 3.05) is 81.8 Å². The zero-order valence-electron chi connectivity index (χ0n) is 25.9. The Hall–Kier alpha value is -3.80. The molecule has 3 aliphatic rings. The average molecular weight is 632 g/mol. The number of aromatic amines is 1. The lowest BCUT2D eigenvalue weighted by Crippen LogP contribution is -2.63. The van der Waals surface area contributed by atoms with Crippen LogP contribution in [0, 0.1) is 12.7 Å². The van der Waals surface area contributed by atoms with E-state index in [1.807, 2.05) is 19.1 Å². The summed E-state index contributed by atoms with van der Waals surface area (Å²) in [6.45, 7) is 17.0. The summed E-state index contributed by atoms with van der Waals surface area (Å²) in [6, 6.07) is 6.10. The largest absolute Gasteiger partial charge is 0.352 e. The third-order valence-corrected chi connectivity index (χ3v) is 9.91. The molecular weight excluding hydrogens is 593 g/mol. The van der Waals surface area contributed by atoms with Gasteiger partial charge in [0.25, 0.3) is 0 Å². The highest BCUT2D eigenvalue weighted by Crippen LogP contribution is 2.42. The van der Waals surface area contributed by atoms with E-state index in [1.54, 1.807) is 17.2 Å². The third-order valence-electron chi connectivity index (χ3n) is 9.61. The molecule has 3 aliphatic heterocycles. The fraction of sp³-hybridized carbons (Fsp3) is 0.455. The highest BCUT2D eigenvalue weighted by molar-refractivity contribution is 6.35. The number of halogens is 2. The standard InChI is InChI=1S/C33H39ClFN9O/c1-4-8-40-9-11-41(12-10-40)22-19-44(20-22)33-37-31-23(32(38-33)43-15-13-42(14-16-43)27(45)5-2)17-25(34)29(30(31)35)28-21(3)6-7-26-24(28)18-36-39-26/h5-7,17-18,22H,2,4,8-16,19-20H2,1,3H3,(H,36,39). The van der Waals surface area contributed by atoms with Crippen LogP contribution in [0.15, 0.2) is 37.1 Å². The van der Waals surface area contributed by atoms with Crippen LogP contribution in [-0.4, -0.2) is 119 Å². The van der Waals surface area contributed by atoms with Gasteiger partial charge in [0.05, 0.1) is 16.7 Å². The van der Waals surface area contributed by atoms with E-state index in [-0.39, 0.29) is 11.4 Å². The van der Waals surface area contributed by atoms with Gasteiger partial charge in [-0.25, -0.2) is 9.37 Å². The molecule has 1 N–H and O–H groups in total. The first-order valence-electron chi connectivity index (χ1n) is 15.9. The predicted octanol–water partition coefficient (Wildman–Crippen LogP) is 4.32. The molecule has 0 atom stereocenters. The normalized spacial score (nSPS) is 18.6. The number of aromatic nitrogens is 4. The number of fused-ring (bicyclic) bond motifs is 2. The lowest BCUT2D eigenvalue weighted by atomic mass is 9.95. The Morgan fingerprint density at radius 3 is 2.51 bits per heavy atom. The van der Waals surface area contributed by atoms with Crippen molar-refractivity contribution in [2.24, 2.45) is 0 Å². The van der Waals surface area contributed by atoms with Crippen LogP contribution in [-0.2, 0) is 4.79 Å². The van der Waals surface area contributed by atoms with E-state index < -0.39 is 5.82 Å². The molecule has 7 rings (SSSR count). The zero-order valence-corrected chi connectivity index (χ0v) is 26.7. The first-order chi connectivity index (χ1) is 21.9. The number of benzene rings is 2. The van der Waals surface area contributed by atoms with E-state index in [9.17, 15) is 4.79 Å². The lowest BCUT2D eigenvalue weighted by molar-refractivity contribution is -0.126. The fourth-order valence-corrected chi connectivity index (χ4v) is 7.31. The van der Waals surface area contributed by atoms with E-state index in [2.05, 4.69) is 43.3 Å². The number of nitrogens with zero attached hydrogens (tertiary/aromatic N) is 8. The van der Waals surface area contributed by atoms with Crippen LogP contribution in [0.3, 0.4) is 0 Å². The average Bonchev–Trinajstić information content (AvgIpc) is 3.51. The Morgan fingerprint density at radius 1 is 1.04 bits per heavy atom. The van der Waals surface area contributed by atoms with E-state index in [1.165, 1.54) is 12.5 Å². The number of piperazine rings is 2. The Morgan fingerprint density at radius 2 is 1.80 bits per heavy atom. The van der Waals surface area contributed by atoms with E-state index in [0.717, 1.165) is 62.3 Å². The van der Waals surface area contributed by atoms with Gasteiger partial charge in [-0.2, -0.15) is 10.1 Å². The summed E-state index contributed by atoms with van der Waals surface area (Å²) >= 11 is 6.92. The fourth-order valence-electron chi connectivity index (χ4n) is 7.02. The quantitative estimate of drug-likeness (QED) is 0.302. The van der Waals surface area contributed by atoms with Gasteiger partial charge in [-0.15, -0.1) is 0 Å². The minimum Gasteiger partial charge on any atom is -0.352 e. The summed E-state index contributed by atoms with van der Waals surface area (Å²) in [5, 5.41) is 8.84. The Bertz CT molecular complexity index is 1750. The maximum atomic E-state index is 16.9. The number of carbonyl (C=O) groups is 1. The molecule has 0 spiro atoms. The van der Waals surface area contributed by atoms with Gasteiger partial charge in [-0.3, -0.25) is 14.8 Å². The molecule has 0 radical (unpaired) electrons. The number of aryl methyl sites for hydroxylation is 1. The molecule has 1 amide bonds. The minimum atomic E-state index is -0.469. The van der Waals surface area contributed by atoms with Crippen molar-refractivity contribution in [3.8, 4) is 11.1 Å². The van der Waals surface area contributed by atoms with Gasteiger partial charge >= 0.3 is 0 Å². The van der Waals surface area contributed by atoms with Gasteiger partial charge in [0.2, 0.25) is 11.9 Å². The van der Waals surface area contributed by atoms with Gasteiger partial charge in [-0.05, 0) is 43.7 Å². The van der Waals surface area contributed by atoms with Crippen LogP contribution in [0.2, 0.25) is 5.02 Å². The summed E-state index contributed by atoms with van der Waals surface area (Å²) in [4.78, 5) is 33.3. The van der Waals surface area contributed by atoms with Crippen LogP contribution in [0.5, 0.6) is 0 Å². The maximum Gasteiger partial charge on any atom is 0.246 e. The number of anilines is 2. The smallest absolute Gasteiger partial charge is 0.246 e. The highest BCUT2D eigenvalue weighted by Gasteiger charge is 2.36. The SMILES string of the molecule is C=CC(=O)N1CCN(c2nc(N3CC(N4CCN(CCC)CC4)C3)nc3c(F)c(-c4c(C)ccc5[nH]ncc45)c(Cl)cc23)CC1. The Labute approximate surface area is 267 Å². The summed E-state index contributed by atoms with van der Waals surface area (Å²) in [5.41, 5.74) is 2.97. The van der Waals surface area contributed by atoms with Crippen LogP contribution < -0.4 is 9.80 Å². The maximum absolute atomic E-state index is 16.9. The summed E-state index contributed by atoms with van der Waals surface area (Å²) in [6.07, 6.45) is 4.23. The van der Waals surface area contributed by atoms with Crippen LogP contribution in [0.4, 0.5) is 16.2 Å². The molecule has 0 bridgehead atoms. The monoisotopic (exact) mass is 631 g/mol. The molecule has 4 aromatic rings. The number of hydrogen-bond donors (Lipinski definition) is 1. The molecule has 5 heterocycles. The number of amides is 1. The second-order valence-corrected chi connectivity index (χ2v) is 12.7. The predicted molar refractivity (Wildman–Crippen MR) is 178 cm³/mol. The number of hydrogen-bond acceptors (Lipinski definition) is 8. The molecule has 0 saturated carbocycles. The van der Waals surface area contributed by atoms with Crippen molar-refractivity contribution in [3.05, 3.63) is 53.5 Å². The Balaban J connectivity index is 1.26. The molecule has 12 heteroatoms. The molecule has 3 saturated heterocycles. The van der Waals surface area contributed by atoms with Crippen LogP contribution in [0.25, 0.3) is 32.9 Å². The van der Waals surface area contributed by atoms with Crippen molar-refractivity contribution in [2.45, 2.75) is 26.3 Å². The molecule has 236 valence electrons. The molecule has 2 aromatic heterocycles. The van der Waals surface area contributed by atoms with Gasteiger partial charge in [0.1, 0.15) is 11.3 Å². The number of rotatable bonds is 7. The van der Waals surface area contributed by atoms with Gasteiger partial charge in [0, 0.05) is 93.4 Å². The van der Waals surface area contributed by atoms with Crippen molar-refractivity contribution >= 4 is 51.1 Å². The molecule has 3 fully saturated rings. The van der Waals surface area contributed by atoms with Crippen molar-refractivity contribution in [3.63, 3.8) is 0 Å². The van der Waals surface area contributed by atoms with Gasteiger partial charge < -0.3 is 19.6 Å². The van der Waals surface area contributed by atoms with Crippen LogP contribution >= 0.6 is 11.6 Å². The summed E-state index contributed by atoms with van der Waals surface area (Å²) in [7, 11) is 0. The molecule has 0 aliphatic carbocycles. The summed E-state index contributed by atoms with van der Waals surface area (Å²) in [5.74, 6) is 0.604. The number of carbonyl (C=O) groups excluding carboxylic acids is 1. The molecule has 10 nitrogen and oxygen atoms in total. The number of H-pyrrole nitrogens is 1. The molecule has 2 aromatic carbocycles. The van der Waals surface area contributed by atoms with Gasteiger partial charge in [-0.1, -0.05) is 31.2 Å². The van der Waals surface area contributed by atoms with E-state index in [0.29, 0.717) is 65.5 Å². The van der Waals surface area contributed by atoms with Crippen molar-refractivity contribution < 1.29 is 9.18 Å². The first kappa shape index (κ1) is 29.9. The zero-order chi connectivity index (χ0) is 31.2. The van der Waals surface area contributed by atoms with Crippen molar-refractivity contribution in [1.82, 2.24) is 34.9 Å². The topological polar surface area (TPSA) is 87.7 Å². The second-order valence-electron chi connectivity index (χ2n) is 12.3. The van der Waals surface area contributed by atoms with E-state index in [4.69, 9.17) is 21.6 Å². The molecule has 45 heavy (non-hydrogen) atoms. The first-order valence-corrected chi connectivity index (χ1v) is 16.2.